The van der Waals surface area contributed by atoms with Gasteiger partial charge in [-0.25, -0.2) is 0 Å². The van der Waals surface area contributed by atoms with Crippen molar-refractivity contribution in [1.29, 1.82) is 0 Å². The van der Waals surface area contributed by atoms with E-state index in [0.717, 1.165) is 38.3 Å². The van der Waals surface area contributed by atoms with Crippen molar-refractivity contribution >= 4 is 5.91 Å². The summed E-state index contributed by atoms with van der Waals surface area (Å²) in [6.45, 7) is 9.51. The van der Waals surface area contributed by atoms with Gasteiger partial charge >= 0.3 is 0 Å². The maximum Gasteiger partial charge on any atom is 0.225 e. The van der Waals surface area contributed by atoms with E-state index in [1.165, 1.54) is 19.4 Å². The van der Waals surface area contributed by atoms with Gasteiger partial charge in [0, 0.05) is 37.7 Å². The molecular weight excluding hydrogens is 264 g/mol. The van der Waals surface area contributed by atoms with E-state index in [4.69, 9.17) is 5.11 Å². The summed E-state index contributed by atoms with van der Waals surface area (Å²) in [7, 11) is 0. The fourth-order valence-electron chi connectivity index (χ4n) is 3.21. The number of carbonyl (C=O) groups is 1. The highest BCUT2D eigenvalue weighted by atomic mass is 16.2. The maximum atomic E-state index is 12.2. The Kier molecular flexibility index (Phi) is 5.67. The zero-order valence-electron chi connectivity index (χ0n) is 13.9. The van der Waals surface area contributed by atoms with Crippen molar-refractivity contribution in [3.8, 4) is 0 Å². The molecule has 2 fully saturated rings. The van der Waals surface area contributed by atoms with Crippen LogP contribution in [-0.4, -0.2) is 48.2 Å². The van der Waals surface area contributed by atoms with Gasteiger partial charge in [-0.1, -0.05) is 20.8 Å². The van der Waals surface area contributed by atoms with Gasteiger partial charge in [-0.15, -0.1) is 0 Å². The summed E-state index contributed by atoms with van der Waals surface area (Å²) in [6, 6.07) is 0.271. The third-order valence-corrected chi connectivity index (χ3v) is 4.61. The normalized spacial score (nSPS) is 27.6. The molecule has 2 N–H and O–H groups in total. The van der Waals surface area contributed by atoms with Crippen LogP contribution in [0.3, 0.4) is 0 Å². The Morgan fingerprint density at radius 1 is 1.24 bits per heavy atom. The number of likely N-dealkylation sites (tertiary alicyclic amines) is 1. The average Bonchev–Trinajstić information content (AvgIpc) is 3.19. The minimum absolute atomic E-state index is 0.154. The SMILES string of the molecule is CC(C)(C)C(=O)NC1CC(CCCO)CN(CC2CC2)C1. The molecule has 21 heavy (non-hydrogen) atoms. The van der Waals surface area contributed by atoms with Crippen molar-refractivity contribution in [3.05, 3.63) is 0 Å². The molecule has 4 nitrogen and oxygen atoms in total. The van der Waals surface area contributed by atoms with Gasteiger partial charge in [0.2, 0.25) is 5.91 Å². The second-order valence-electron chi connectivity index (χ2n) is 8.05. The Hall–Kier alpha value is -0.610. The van der Waals surface area contributed by atoms with Crippen molar-refractivity contribution < 1.29 is 9.90 Å². The zero-order valence-corrected chi connectivity index (χ0v) is 13.9. The van der Waals surface area contributed by atoms with Crippen LogP contribution in [0.15, 0.2) is 0 Å². The Balaban J connectivity index is 1.89. The number of piperidine rings is 1. The number of hydrogen-bond acceptors (Lipinski definition) is 3. The minimum Gasteiger partial charge on any atom is -0.396 e. The molecule has 0 radical (unpaired) electrons. The third-order valence-electron chi connectivity index (χ3n) is 4.61. The monoisotopic (exact) mass is 296 g/mol. The first-order valence-corrected chi connectivity index (χ1v) is 8.52. The first kappa shape index (κ1) is 16.8. The molecule has 2 atom stereocenters. The van der Waals surface area contributed by atoms with Gasteiger partial charge in [-0.3, -0.25) is 4.79 Å². The van der Waals surface area contributed by atoms with Gasteiger partial charge in [0.05, 0.1) is 0 Å². The number of nitrogens with one attached hydrogen (secondary N) is 1. The molecule has 1 aliphatic heterocycles. The molecular formula is C17H32N2O2. The fourth-order valence-corrected chi connectivity index (χ4v) is 3.21. The molecule has 1 amide bonds. The summed E-state index contributed by atoms with van der Waals surface area (Å²) in [4.78, 5) is 14.8. The van der Waals surface area contributed by atoms with E-state index < -0.39 is 0 Å². The summed E-state index contributed by atoms with van der Waals surface area (Å²) in [5.41, 5.74) is -0.320. The molecule has 2 aliphatic rings. The number of rotatable bonds is 6. The Bertz CT molecular complexity index is 347. The second-order valence-corrected chi connectivity index (χ2v) is 8.05. The molecule has 4 heteroatoms. The molecule has 2 unspecified atom stereocenters. The molecule has 0 aromatic carbocycles. The van der Waals surface area contributed by atoms with Crippen LogP contribution in [0.2, 0.25) is 0 Å². The smallest absolute Gasteiger partial charge is 0.225 e. The fraction of sp³-hybridized carbons (Fsp3) is 0.941. The molecule has 0 aromatic rings. The lowest BCUT2D eigenvalue weighted by atomic mass is 9.88. The van der Waals surface area contributed by atoms with Crippen molar-refractivity contribution in [3.63, 3.8) is 0 Å². The first-order chi connectivity index (χ1) is 9.88. The first-order valence-electron chi connectivity index (χ1n) is 8.52. The van der Waals surface area contributed by atoms with Crippen LogP contribution in [0.25, 0.3) is 0 Å². The molecule has 122 valence electrons. The second kappa shape index (κ2) is 7.10. The highest BCUT2D eigenvalue weighted by molar-refractivity contribution is 5.81. The standard InChI is InChI=1S/C17H32N2O2/c1-17(2,3)16(21)18-15-9-14(5-4-8-20)11-19(12-15)10-13-6-7-13/h13-15,20H,4-12H2,1-3H3,(H,18,21). The number of hydrogen-bond donors (Lipinski definition) is 2. The summed E-state index contributed by atoms with van der Waals surface area (Å²) in [5.74, 6) is 1.65. The average molecular weight is 296 g/mol. The predicted octanol–water partition coefficient (Wildman–Crippen LogP) is 2.02. The number of aliphatic hydroxyl groups excluding tert-OH is 1. The van der Waals surface area contributed by atoms with Gasteiger partial charge in [0.1, 0.15) is 0 Å². The quantitative estimate of drug-likeness (QED) is 0.788. The maximum absolute atomic E-state index is 12.2. The molecule has 0 bridgehead atoms. The van der Waals surface area contributed by atoms with E-state index in [0.29, 0.717) is 5.92 Å². The van der Waals surface area contributed by atoms with Crippen molar-refractivity contribution in [2.24, 2.45) is 17.3 Å². The van der Waals surface area contributed by atoms with Gasteiger partial charge < -0.3 is 15.3 Å². The highest BCUT2D eigenvalue weighted by Crippen LogP contribution is 2.32. The summed E-state index contributed by atoms with van der Waals surface area (Å²) in [6.07, 6.45) is 5.75. The molecule has 0 spiro atoms. The topological polar surface area (TPSA) is 52.6 Å². The molecule has 1 saturated heterocycles. The summed E-state index contributed by atoms with van der Waals surface area (Å²) >= 11 is 0. The van der Waals surface area contributed by atoms with E-state index in [2.05, 4.69) is 10.2 Å². The van der Waals surface area contributed by atoms with Crippen molar-refractivity contribution in [1.82, 2.24) is 10.2 Å². The van der Waals surface area contributed by atoms with Crippen LogP contribution in [0.5, 0.6) is 0 Å². The van der Waals surface area contributed by atoms with E-state index >= 15 is 0 Å². The van der Waals surface area contributed by atoms with Crippen molar-refractivity contribution in [2.45, 2.75) is 58.9 Å². The third kappa shape index (κ3) is 5.59. The van der Waals surface area contributed by atoms with E-state index in [1.807, 2.05) is 20.8 Å². The number of carbonyl (C=O) groups excluding carboxylic acids is 1. The van der Waals surface area contributed by atoms with Gasteiger partial charge in [0.15, 0.2) is 0 Å². The minimum atomic E-state index is -0.320. The lowest BCUT2D eigenvalue weighted by molar-refractivity contribution is -0.129. The molecule has 2 rings (SSSR count). The largest absolute Gasteiger partial charge is 0.396 e. The highest BCUT2D eigenvalue weighted by Gasteiger charge is 2.33. The van der Waals surface area contributed by atoms with Gasteiger partial charge in [-0.05, 0) is 43.9 Å². The number of amides is 1. The number of aliphatic hydroxyl groups is 1. The Morgan fingerprint density at radius 2 is 1.95 bits per heavy atom. The number of nitrogens with zero attached hydrogens (tertiary/aromatic N) is 1. The van der Waals surface area contributed by atoms with E-state index in [1.54, 1.807) is 0 Å². The van der Waals surface area contributed by atoms with Crippen LogP contribution < -0.4 is 5.32 Å². The van der Waals surface area contributed by atoms with Gasteiger partial charge in [-0.2, -0.15) is 0 Å². The van der Waals surface area contributed by atoms with E-state index in [-0.39, 0.29) is 24.0 Å². The molecule has 1 heterocycles. The van der Waals surface area contributed by atoms with E-state index in [9.17, 15) is 4.79 Å². The van der Waals surface area contributed by atoms with Crippen LogP contribution >= 0.6 is 0 Å². The summed E-state index contributed by atoms with van der Waals surface area (Å²) < 4.78 is 0. The zero-order chi connectivity index (χ0) is 15.5. The molecule has 1 aliphatic carbocycles. The van der Waals surface area contributed by atoms with Crippen LogP contribution in [-0.2, 0) is 4.79 Å². The predicted molar refractivity (Wildman–Crippen MR) is 85.0 cm³/mol. The van der Waals surface area contributed by atoms with Crippen LogP contribution in [0, 0.1) is 17.3 Å². The lowest BCUT2D eigenvalue weighted by Crippen LogP contribution is -2.53. The Morgan fingerprint density at radius 3 is 2.52 bits per heavy atom. The Labute approximate surface area is 129 Å². The molecule has 0 aromatic heterocycles. The van der Waals surface area contributed by atoms with Crippen LogP contribution in [0.4, 0.5) is 0 Å². The van der Waals surface area contributed by atoms with Crippen LogP contribution in [0.1, 0.15) is 52.9 Å². The van der Waals surface area contributed by atoms with Gasteiger partial charge in [0.25, 0.3) is 0 Å². The lowest BCUT2D eigenvalue weighted by Gasteiger charge is -2.39. The molecule has 1 saturated carbocycles. The van der Waals surface area contributed by atoms with Crippen molar-refractivity contribution in [2.75, 3.05) is 26.2 Å². The summed E-state index contributed by atoms with van der Waals surface area (Å²) in [5, 5.41) is 12.3.